The fraction of sp³-hybridized carbons (Fsp3) is 0.407. The molecule has 1 amide bonds. The van der Waals surface area contributed by atoms with Crippen molar-refractivity contribution in [2.75, 3.05) is 24.1 Å². The van der Waals surface area contributed by atoms with Crippen LogP contribution in [0.3, 0.4) is 0 Å². The number of pyridine rings is 1. The van der Waals surface area contributed by atoms with Gasteiger partial charge in [0.05, 0.1) is 35.8 Å². The maximum absolute atomic E-state index is 16.4. The Hall–Kier alpha value is -4.27. The number of nitrogens with one attached hydrogen (secondary N) is 3. The number of ether oxygens (including phenoxy) is 1. The molecule has 42 heavy (non-hydrogen) atoms. The molecule has 0 radical (unpaired) electrons. The summed E-state index contributed by atoms with van der Waals surface area (Å²) in [6.45, 7) is 8.66. The molecule has 5 N–H and O–H groups in total. The first-order valence-corrected chi connectivity index (χ1v) is 13.0. The van der Waals surface area contributed by atoms with E-state index in [0.717, 1.165) is 12.5 Å². The van der Waals surface area contributed by atoms with Crippen LogP contribution < -0.4 is 26.4 Å². The molecule has 1 unspecified atom stereocenters. The van der Waals surface area contributed by atoms with E-state index in [1.54, 1.807) is 20.9 Å². The summed E-state index contributed by atoms with van der Waals surface area (Å²) in [6, 6.07) is 0.362. The van der Waals surface area contributed by atoms with E-state index in [2.05, 4.69) is 37.7 Å². The smallest absolute Gasteiger partial charge is 0.417 e. The number of alkyl halides is 3. The fourth-order valence-electron chi connectivity index (χ4n) is 4.62. The number of rotatable bonds is 5. The summed E-state index contributed by atoms with van der Waals surface area (Å²) in [5.74, 6) is -3.80. The first-order chi connectivity index (χ1) is 19.7. The zero-order valence-corrected chi connectivity index (χ0v) is 23.4. The van der Waals surface area contributed by atoms with Gasteiger partial charge in [0.2, 0.25) is 5.88 Å². The Bertz CT molecular complexity index is 1520. The van der Waals surface area contributed by atoms with Crippen LogP contribution in [0.2, 0.25) is 0 Å². The Morgan fingerprint density at radius 2 is 2.02 bits per heavy atom. The summed E-state index contributed by atoms with van der Waals surface area (Å²) in [4.78, 5) is 18.9. The van der Waals surface area contributed by atoms with Crippen LogP contribution in [0.1, 0.15) is 47.4 Å². The molecule has 1 aromatic carbocycles. The third-order valence-corrected chi connectivity index (χ3v) is 6.81. The van der Waals surface area contributed by atoms with Crippen LogP contribution in [0.5, 0.6) is 5.88 Å². The maximum Gasteiger partial charge on any atom is 0.417 e. The van der Waals surface area contributed by atoms with Gasteiger partial charge in [-0.3, -0.25) is 4.79 Å². The van der Waals surface area contributed by atoms with Crippen molar-refractivity contribution in [1.29, 1.82) is 0 Å². The number of amides is 1. The lowest BCUT2D eigenvalue weighted by Crippen LogP contribution is -2.42. The van der Waals surface area contributed by atoms with Gasteiger partial charge in [-0.05, 0) is 45.4 Å². The minimum absolute atomic E-state index is 0.0842. The van der Waals surface area contributed by atoms with Crippen LogP contribution in [0.4, 0.5) is 33.3 Å². The lowest BCUT2D eigenvalue weighted by atomic mass is 9.95. The predicted octanol–water partition coefficient (Wildman–Crippen LogP) is 4.11. The molecule has 1 aliphatic heterocycles. The molecule has 3 aromatic rings. The van der Waals surface area contributed by atoms with Gasteiger partial charge in [-0.2, -0.15) is 28.2 Å². The Labute approximate surface area is 238 Å². The first-order valence-electron chi connectivity index (χ1n) is 13.0. The lowest BCUT2D eigenvalue weighted by molar-refractivity contribution is -0.137. The second-order valence-electron chi connectivity index (χ2n) is 10.1. The van der Waals surface area contributed by atoms with Crippen LogP contribution in [-0.4, -0.2) is 51.1 Å². The zero-order valence-electron chi connectivity index (χ0n) is 23.4. The van der Waals surface area contributed by atoms with Gasteiger partial charge in [0.25, 0.3) is 5.91 Å². The molecule has 0 saturated heterocycles. The van der Waals surface area contributed by atoms with Gasteiger partial charge < -0.3 is 26.4 Å². The number of halogens is 5. The second kappa shape index (κ2) is 11.9. The molecule has 0 saturated carbocycles. The van der Waals surface area contributed by atoms with E-state index in [4.69, 9.17) is 10.5 Å². The molecule has 2 aromatic heterocycles. The molecule has 0 spiro atoms. The highest BCUT2D eigenvalue weighted by Crippen LogP contribution is 2.44. The normalized spacial score (nSPS) is 18.0. The number of aryl methyl sites for hydroxylation is 1. The van der Waals surface area contributed by atoms with Gasteiger partial charge in [-0.25, -0.2) is 13.8 Å². The van der Waals surface area contributed by atoms with E-state index in [1.807, 2.05) is 0 Å². The molecular formula is C27H31F5N8O2. The number of nitrogen functional groups attached to an aromatic ring is 1. The number of nitrogens with two attached hydrogens (primary N) is 1. The van der Waals surface area contributed by atoms with Crippen molar-refractivity contribution in [2.45, 2.75) is 52.1 Å². The zero-order chi connectivity index (χ0) is 30.9. The molecular weight excluding hydrogens is 563 g/mol. The number of carbonyl (C=O) groups is 1. The van der Waals surface area contributed by atoms with Crippen LogP contribution in [0, 0.1) is 18.6 Å². The Morgan fingerprint density at radius 1 is 1.31 bits per heavy atom. The van der Waals surface area contributed by atoms with E-state index < -0.39 is 69.5 Å². The first kappa shape index (κ1) is 30.7. The lowest BCUT2D eigenvalue weighted by Gasteiger charge is -2.22. The average Bonchev–Trinajstić information content (AvgIpc) is 3.31. The Kier molecular flexibility index (Phi) is 8.71. The van der Waals surface area contributed by atoms with Gasteiger partial charge in [0.1, 0.15) is 22.8 Å². The second-order valence-corrected chi connectivity index (χ2v) is 10.1. The number of anilines is 2. The van der Waals surface area contributed by atoms with E-state index in [-0.39, 0.29) is 24.7 Å². The maximum atomic E-state index is 16.4. The number of benzene rings is 1. The number of fused-ring (bicyclic) bond motifs is 1. The molecule has 4 rings (SSSR count). The van der Waals surface area contributed by atoms with E-state index in [9.17, 15) is 22.4 Å². The fourth-order valence-corrected chi connectivity index (χ4v) is 4.62. The standard InChI is InChI=1S/C27H31F5N8O2/c1-12(2)18-11-36-25(41)19-24(35-9-15-10-37-40(5)39-15)22(29)23(38-26(19)42-13(3)6-7-34-18)16-8-17(33)21(28)14(4)20(16)27(30,31)32/h8,10,13,18,34H,1,6-7,9,11,33H2,2-5H3,(H,35,38)(H,36,41)/t13-,18?/m0/s1. The largest absolute Gasteiger partial charge is 0.474 e. The van der Waals surface area contributed by atoms with Crippen LogP contribution in [0.15, 0.2) is 24.4 Å². The van der Waals surface area contributed by atoms with E-state index >= 15 is 4.39 Å². The van der Waals surface area contributed by atoms with E-state index in [1.165, 1.54) is 11.0 Å². The number of hydrogen-bond acceptors (Lipinski definition) is 8. The highest BCUT2D eigenvalue weighted by atomic mass is 19.4. The van der Waals surface area contributed by atoms with Crippen molar-refractivity contribution in [3.05, 3.63) is 58.4 Å². The van der Waals surface area contributed by atoms with Crippen molar-refractivity contribution in [3.63, 3.8) is 0 Å². The van der Waals surface area contributed by atoms with Crippen molar-refractivity contribution in [3.8, 4) is 17.1 Å². The molecule has 2 atom stereocenters. The van der Waals surface area contributed by atoms with Gasteiger partial charge in [0, 0.05) is 25.2 Å². The average molecular weight is 595 g/mol. The summed E-state index contributed by atoms with van der Waals surface area (Å²) in [5, 5.41) is 16.8. The summed E-state index contributed by atoms with van der Waals surface area (Å²) in [7, 11) is 1.56. The summed E-state index contributed by atoms with van der Waals surface area (Å²) < 4.78 is 79.6. The molecule has 226 valence electrons. The predicted molar refractivity (Wildman–Crippen MR) is 146 cm³/mol. The number of aromatic nitrogens is 4. The van der Waals surface area contributed by atoms with Crippen LogP contribution in [-0.2, 0) is 19.8 Å². The molecule has 1 aliphatic rings. The summed E-state index contributed by atoms with van der Waals surface area (Å²) >= 11 is 0. The van der Waals surface area contributed by atoms with Crippen molar-refractivity contribution < 1.29 is 31.5 Å². The molecule has 0 fully saturated rings. The van der Waals surface area contributed by atoms with Crippen molar-refractivity contribution in [2.24, 2.45) is 7.05 Å². The van der Waals surface area contributed by atoms with Crippen molar-refractivity contribution in [1.82, 2.24) is 30.6 Å². The molecule has 0 bridgehead atoms. The third kappa shape index (κ3) is 6.30. The number of carbonyl (C=O) groups excluding carboxylic acids is 1. The molecule has 3 heterocycles. The minimum atomic E-state index is -5.10. The number of hydrogen-bond donors (Lipinski definition) is 4. The van der Waals surface area contributed by atoms with E-state index in [0.29, 0.717) is 24.7 Å². The minimum Gasteiger partial charge on any atom is -0.474 e. The van der Waals surface area contributed by atoms with Crippen LogP contribution >= 0.6 is 0 Å². The Morgan fingerprint density at radius 3 is 2.64 bits per heavy atom. The highest BCUT2D eigenvalue weighted by Gasteiger charge is 2.40. The molecule has 0 aliphatic carbocycles. The van der Waals surface area contributed by atoms with Gasteiger partial charge in [-0.1, -0.05) is 12.2 Å². The SMILES string of the molecule is C=C(C)C1CNC(=O)c2c(nc(-c3cc(N)c(F)c(C)c3C(F)(F)F)c(F)c2NCc2cnn(C)n2)O[C@@H](C)CCN1. The summed E-state index contributed by atoms with van der Waals surface area (Å²) in [5.41, 5.74) is 1.37. The third-order valence-electron chi connectivity index (χ3n) is 6.81. The molecule has 15 heteroatoms. The van der Waals surface area contributed by atoms with Gasteiger partial charge >= 0.3 is 6.18 Å². The number of nitrogens with zero attached hydrogens (tertiary/aromatic N) is 4. The quantitative estimate of drug-likeness (QED) is 0.197. The Balaban J connectivity index is 1.98. The van der Waals surface area contributed by atoms with Gasteiger partial charge in [0.15, 0.2) is 5.82 Å². The summed E-state index contributed by atoms with van der Waals surface area (Å²) in [6.07, 6.45) is -3.90. The molecule has 10 nitrogen and oxygen atoms in total. The topological polar surface area (TPSA) is 132 Å². The van der Waals surface area contributed by atoms with Gasteiger partial charge in [-0.15, -0.1) is 0 Å². The van der Waals surface area contributed by atoms with Crippen molar-refractivity contribution >= 4 is 17.3 Å². The highest BCUT2D eigenvalue weighted by molar-refractivity contribution is 6.03. The van der Waals surface area contributed by atoms with Crippen LogP contribution in [0.25, 0.3) is 11.3 Å². The monoisotopic (exact) mass is 594 g/mol.